The van der Waals surface area contributed by atoms with E-state index >= 15 is 0 Å². The molecule has 1 saturated heterocycles. The van der Waals surface area contributed by atoms with Gasteiger partial charge in [-0.2, -0.15) is 0 Å². The molecule has 1 aliphatic carbocycles. The van der Waals surface area contributed by atoms with Crippen molar-refractivity contribution in [2.75, 3.05) is 0 Å². The molecule has 2 N–H and O–H groups in total. The molecule has 2 fully saturated rings. The molecule has 6 heteroatoms. The molecular weight excluding hydrogens is 343 g/mol. The summed E-state index contributed by atoms with van der Waals surface area (Å²) in [6.45, 7) is 9.95. The third-order valence-electron chi connectivity index (χ3n) is 6.89. The summed E-state index contributed by atoms with van der Waals surface area (Å²) >= 11 is 0. The molecule has 0 radical (unpaired) electrons. The molecular formula is C21H31BO5. The van der Waals surface area contributed by atoms with E-state index in [4.69, 9.17) is 14.4 Å². The fraction of sp³-hybridized carbons (Fsp3) is 0.667. The molecule has 0 spiro atoms. The predicted molar refractivity (Wildman–Crippen MR) is 105 cm³/mol. The lowest BCUT2D eigenvalue weighted by molar-refractivity contribution is -0.144. The minimum absolute atomic E-state index is 0.0656. The van der Waals surface area contributed by atoms with Crippen LogP contribution in [0.25, 0.3) is 0 Å². The molecule has 1 aromatic rings. The summed E-state index contributed by atoms with van der Waals surface area (Å²) in [7, 11) is -0.417. The van der Waals surface area contributed by atoms with E-state index in [0.717, 1.165) is 23.9 Å². The molecule has 1 atom stereocenters. The van der Waals surface area contributed by atoms with Gasteiger partial charge in [0.05, 0.1) is 22.7 Å². The minimum atomic E-state index is -0.974. The summed E-state index contributed by atoms with van der Waals surface area (Å²) < 4.78 is 12.2. The van der Waals surface area contributed by atoms with Crippen LogP contribution in [0.1, 0.15) is 65.9 Å². The third-order valence-corrected chi connectivity index (χ3v) is 6.89. The molecule has 0 aromatic heterocycles. The van der Waals surface area contributed by atoms with E-state index in [1.165, 1.54) is 0 Å². The zero-order chi connectivity index (χ0) is 20.0. The molecule has 0 amide bonds. The monoisotopic (exact) mass is 374 g/mol. The number of aliphatic hydroxyl groups is 1. The minimum Gasteiger partial charge on any atom is -0.481 e. The van der Waals surface area contributed by atoms with E-state index in [9.17, 15) is 9.90 Å². The van der Waals surface area contributed by atoms with Gasteiger partial charge in [0.2, 0.25) is 0 Å². The fourth-order valence-corrected chi connectivity index (χ4v) is 4.10. The average molecular weight is 374 g/mol. The van der Waals surface area contributed by atoms with E-state index < -0.39 is 18.7 Å². The van der Waals surface area contributed by atoms with E-state index in [2.05, 4.69) is 0 Å². The zero-order valence-electron chi connectivity index (χ0n) is 17.0. The largest absolute Gasteiger partial charge is 0.494 e. The summed E-state index contributed by atoms with van der Waals surface area (Å²) in [4.78, 5) is 11.1. The summed E-state index contributed by atoms with van der Waals surface area (Å²) in [6, 6.07) is 7.77. The maximum Gasteiger partial charge on any atom is 0.494 e. The smallest absolute Gasteiger partial charge is 0.481 e. The molecule has 27 heavy (non-hydrogen) atoms. The molecule has 1 aliphatic heterocycles. The van der Waals surface area contributed by atoms with Crippen LogP contribution in [-0.2, 0) is 19.7 Å². The first-order valence-electron chi connectivity index (χ1n) is 9.85. The van der Waals surface area contributed by atoms with Crippen LogP contribution in [-0.4, -0.2) is 34.5 Å². The Morgan fingerprint density at radius 2 is 1.52 bits per heavy atom. The van der Waals surface area contributed by atoms with Gasteiger partial charge in [0.1, 0.15) is 0 Å². The Hall–Kier alpha value is -1.37. The highest BCUT2D eigenvalue weighted by molar-refractivity contribution is 6.62. The van der Waals surface area contributed by atoms with E-state index in [1.807, 2.05) is 58.9 Å². The van der Waals surface area contributed by atoms with Gasteiger partial charge in [-0.15, -0.1) is 0 Å². The van der Waals surface area contributed by atoms with Crippen LogP contribution in [0.4, 0.5) is 0 Å². The van der Waals surface area contributed by atoms with Gasteiger partial charge in [0, 0.05) is 0 Å². The van der Waals surface area contributed by atoms with Gasteiger partial charge in [-0.3, -0.25) is 4.79 Å². The number of hydrogen-bond acceptors (Lipinski definition) is 4. The van der Waals surface area contributed by atoms with Crippen molar-refractivity contribution in [1.29, 1.82) is 0 Å². The van der Waals surface area contributed by atoms with Crippen molar-refractivity contribution in [3.63, 3.8) is 0 Å². The summed E-state index contributed by atoms with van der Waals surface area (Å²) in [5.74, 6) is -0.932. The van der Waals surface area contributed by atoms with Gasteiger partial charge < -0.3 is 19.5 Å². The van der Waals surface area contributed by atoms with E-state index in [1.54, 1.807) is 0 Å². The van der Waals surface area contributed by atoms with Crippen molar-refractivity contribution in [2.45, 2.75) is 77.1 Å². The number of carbonyl (C=O) groups is 1. The average Bonchev–Trinajstić information content (AvgIpc) is 2.83. The van der Waals surface area contributed by atoms with Crippen LogP contribution in [0.3, 0.4) is 0 Å². The van der Waals surface area contributed by atoms with Gasteiger partial charge in [-0.25, -0.2) is 0 Å². The van der Waals surface area contributed by atoms with Gasteiger partial charge in [0.15, 0.2) is 0 Å². The number of rotatable bonds is 4. The van der Waals surface area contributed by atoms with Crippen molar-refractivity contribution in [3.8, 4) is 0 Å². The Balaban J connectivity index is 1.71. The standard InChI is InChI=1S/C21H31BO5/c1-19(2)20(3,4)27-22(26-19)17-12-10-16(11-13-17)21(5,25)15-8-6-14(7-9-15)18(23)24/h10-15,25H,6-9H2,1-5H3,(H,23,24)/t14?,15?,21-/m0/s1. The molecule has 5 nitrogen and oxygen atoms in total. The Labute approximate surface area is 162 Å². The summed E-state index contributed by atoms with van der Waals surface area (Å²) in [6.07, 6.45) is 2.70. The van der Waals surface area contributed by atoms with Crippen molar-refractivity contribution in [2.24, 2.45) is 11.8 Å². The van der Waals surface area contributed by atoms with E-state index in [-0.39, 0.29) is 23.0 Å². The molecule has 2 aliphatic rings. The molecule has 1 aromatic carbocycles. The quantitative estimate of drug-likeness (QED) is 0.793. The second kappa shape index (κ2) is 6.91. The lowest BCUT2D eigenvalue weighted by Gasteiger charge is -2.37. The van der Waals surface area contributed by atoms with Crippen molar-refractivity contribution in [1.82, 2.24) is 0 Å². The lowest BCUT2D eigenvalue weighted by Crippen LogP contribution is -2.41. The normalized spacial score (nSPS) is 29.3. The maximum absolute atomic E-state index is 11.1. The van der Waals surface area contributed by atoms with Crippen LogP contribution >= 0.6 is 0 Å². The fourth-order valence-electron chi connectivity index (χ4n) is 4.10. The summed E-state index contributed by atoms with van der Waals surface area (Å²) in [5, 5.41) is 20.3. The molecule has 0 unspecified atom stereocenters. The molecule has 3 rings (SSSR count). The van der Waals surface area contributed by atoms with Crippen LogP contribution in [0.2, 0.25) is 0 Å². The number of aliphatic carboxylic acids is 1. The topological polar surface area (TPSA) is 76.0 Å². The number of benzene rings is 1. The van der Waals surface area contributed by atoms with Crippen molar-refractivity contribution in [3.05, 3.63) is 29.8 Å². The predicted octanol–water partition coefficient (Wildman–Crippen LogP) is 3.08. The Kier molecular flexibility index (Phi) is 5.21. The molecule has 0 bridgehead atoms. The maximum atomic E-state index is 11.1. The Morgan fingerprint density at radius 3 is 1.96 bits per heavy atom. The first-order chi connectivity index (χ1) is 12.4. The van der Waals surface area contributed by atoms with Crippen LogP contribution in [0.5, 0.6) is 0 Å². The molecule has 1 saturated carbocycles. The number of hydrogen-bond donors (Lipinski definition) is 2. The van der Waals surface area contributed by atoms with Crippen molar-refractivity contribution < 1.29 is 24.3 Å². The highest BCUT2D eigenvalue weighted by Gasteiger charge is 2.51. The van der Waals surface area contributed by atoms with Crippen LogP contribution < -0.4 is 5.46 Å². The Morgan fingerprint density at radius 1 is 1.04 bits per heavy atom. The zero-order valence-corrected chi connectivity index (χ0v) is 17.0. The van der Waals surface area contributed by atoms with E-state index in [0.29, 0.717) is 12.8 Å². The number of carboxylic acid groups (broad SMARTS) is 1. The second-order valence-corrected chi connectivity index (χ2v) is 9.24. The van der Waals surface area contributed by atoms with Gasteiger partial charge >= 0.3 is 13.1 Å². The highest BCUT2D eigenvalue weighted by Crippen LogP contribution is 2.41. The third kappa shape index (κ3) is 3.80. The molecule has 148 valence electrons. The van der Waals surface area contributed by atoms with Crippen LogP contribution in [0.15, 0.2) is 24.3 Å². The first-order valence-corrected chi connectivity index (χ1v) is 9.85. The summed E-state index contributed by atoms with van der Waals surface area (Å²) in [5.41, 5.74) is 0.0389. The first kappa shape index (κ1) is 20.4. The highest BCUT2D eigenvalue weighted by atomic mass is 16.7. The van der Waals surface area contributed by atoms with Crippen LogP contribution in [0, 0.1) is 11.8 Å². The van der Waals surface area contributed by atoms with Gasteiger partial charge in [-0.05, 0) is 77.2 Å². The SMILES string of the molecule is CC1(C)OB(c2ccc([C@@](C)(O)C3CCC(C(=O)O)CC3)cc2)OC1(C)C. The lowest BCUT2D eigenvalue weighted by atomic mass is 9.70. The second-order valence-electron chi connectivity index (χ2n) is 9.24. The number of carboxylic acids is 1. The van der Waals surface area contributed by atoms with Gasteiger partial charge in [0.25, 0.3) is 0 Å². The van der Waals surface area contributed by atoms with Crippen molar-refractivity contribution >= 4 is 18.6 Å². The Bertz CT molecular complexity index is 671. The molecule has 1 heterocycles. The van der Waals surface area contributed by atoms with Gasteiger partial charge in [-0.1, -0.05) is 24.3 Å².